The fourth-order valence-corrected chi connectivity index (χ4v) is 7.60. The molecule has 2 aromatic carbocycles. The Balaban J connectivity index is 1.86. The molecule has 0 bridgehead atoms. The standard InChI is InChI=1S/C43H63N13O8S/c1-24(2)20-33(55-38(61)32(14-9-19-50-43(47)48)54-37(60)31(52-25(3)57)12-5-6-17-44)39(62)53-30(13-8-18-49-42(45)46)35(58)40-56-29-16-15-27(22-34(29)65-40)36(59)51-23-26-10-7-11-28(21-26)41(63)64-4/h7,10-11,15-16,21-22,24,30-33H,5-6,8-9,12-14,17-20,23,44H2,1-4H3,(H,51,59)(H,52,57)(H,53,62)(H,54,60)(H,55,61)(H4,45,46,49)(H4,47,48,50)/t30-,31-,32-,33-/m0/s1. The number of hydrogen-bond donors (Lipinski definition) is 10. The predicted octanol–water partition coefficient (Wildman–Crippen LogP) is 0.437. The maximum absolute atomic E-state index is 14.2. The first-order chi connectivity index (χ1) is 30.9. The zero-order chi connectivity index (χ0) is 48.1. The molecule has 1 heterocycles. The van der Waals surface area contributed by atoms with E-state index in [2.05, 4.69) is 41.6 Å². The number of carbonyl (C=O) groups is 7. The molecule has 0 aliphatic heterocycles. The van der Waals surface area contributed by atoms with E-state index in [0.29, 0.717) is 46.3 Å². The first-order valence-corrected chi connectivity index (χ1v) is 22.1. The van der Waals surface area contributed by atoms with E-state index >= 15 is 0 Å². The molecule has 0 saturated carbocycles. The SMILES string of the molecule is COC(=O)c1cccc(CNC(=O)c2ccc3nc(C(=O)[C@H](CCCN=C(N)N)NC(=O)[C@H](CC(C)C)NC(=O)[C@H](CCCN=C(N)N)NC(=O)[C@H](CCCCN)NC(C)=O)sc3c2)c1. The maximum Gasteiger partial charge on any atom is 0.337 e. The van der Waals surface area contributed by atoms with E-state index in [4.69, 9.17) is 33.4 Å². The molecule has 65 heavy (non-hydrogen) atoms. The van der Waals surface area contributed by atoms with Crippen LogP contribution in [0.1, 0.15) is 108 Å². The zero-order valence-electron chi connectivity index (χ0n) is 37.3. The van der Waals surface area contributed by atoms with Gasteiger partial charge in [-0.2, -0.15) is 0 Å². The van der Waals surface area contributed by atoms with Gasteiger partial charge in [-0.1, -0.05) is 26.0 Å². The van der Waals surface area contributed by atoms with Gasteiger partial charge in [-0.25, -0.2) is 9.78 Å². The third-order valence-electron chi connectivity index (χ3n) is 9.80. The smallest absolute Gasteiger partial charge is 0.337 e. The van der Waals surface area contributed by atoms with Crippen LogP contribution in [0.5, 0.6) is 0 Å². The Morgan fingerprint density at radius 3 is 1.91 bits per heavy atom. The first kappa shape index (κ1) is 52.7. The minimum atomic E-state index is -1.16. The van der Waals surface area contributed by atoms with Gasteiger partial charge in [0, 0.05) is 32.1 Å². The molecule has 22 heteroatoms. The summed E-state index contributed by atoms with van der Waals surface area (Å²) in [6, 6.07) is 7.09. The maximum atomic E-state index is 14.2. The summed E-state index contributed by atoms with van der Waals surface area (Å²) < 4.78 is 5.31. The number of aromatic nitrogens is 1. The van der Waals surface area contributed by atoms with Gasteiger partial charge in [0.15, 0.2) is 16.9 Å². The number of ketones is 1. The molecule has 0 unspecified atom stereocenters. The molecular formula is C43H63N13O8S. The molecule has 3 aromatic rings. The van der Waals surface area contributed by atoms with Gasteiger partial charge in [-0.3, -0.25) is 38.8 Å². The zero-order valence-corrected chi connectivity index (χ0v) is 38.1. The Bertz CT molecular complexity index is 2190. The van der Waals surface area contributed by atoms with Crippen molar-refractivity contribution in [2.75, 3.05) is 26.7 Å². The molecule has 0 aliphatic carbocycles. The van der Waals surface area contributed by atoms with Crippen molar-refractivity contribution in [2.24, 2.45) is 44.6 Å². The summed E-state index contributed by atoms with van der Waals surface area (Å²) >= 11 is 1.04. The molecule has 1 aromatic heterocycles. The number of guanidine groups is 2. The fourth-order valence-electron chi connectivity index (χ4n) is 6.60. The molecule has 21 nitrogen and oxygen atoms in total. The van der Waals surface area contributed by atoms with Crippen molar-refractivity contribution < 1.29 is 38.3 Å². The van der Waals surface area contributed by atoms with Gasteiger partial charge < -0.3 is 60.0 Å². The van der Waals surface area contributed by atoms with Crippen LogP contribution in [-0.2, 0) is 30.5 Å². The monoisotopic (exact) mass is 921 g/mol. The van der Waals surface area contributed by atoms with Gasteiger partial charge >= 0.3 is 5.97 Å². The first-order valence-electron chi connectivity index (χ1n) is 21.3. The van der Waals surface area contributed by atoms with Crippen LogP contribution in [0.2, 0.25) is 0 Å². The summed E-state index contributed by atoms with van der Waals surface area (Å²) in [4.78, 5) is 105. The third kappa shape index (κ3) is 18.1. The molecule has 0 aliphatic rings. The average molecular weight is 922 g/mol. The van der Waals surface area contributed by atoms with Gasteiger partial charge in [-0.05, 0) is 99.7 Å². The molecule has 0 saturated heterocycles. The lowest BCUT2D eigenvalue weighted by Crippen LogP contribution is -2.58. The molecule has 0 radical (unpaired) electrons. The average Bonchev–Trinajstić information content (AvgIpc) is 3.69. The van der Waals surface area contributed by atoms with Crippen LogP contribution in [0.25, 0.3) is 10.2 Å². The number of nitrogens with one attached hydrogen (secondary N) is 5. The van der Waals surface area contributed by atoms with Gasteiger partial charge in [0.2, 0.25) is 29.4 Å². The van der Waals surface area contributed by atoms with Gasteiger partial charge in [0.05, 0.1) is 28.9 Å². The van der Waals surface area contributed by atoms with Crippen molar-refractivity contribution in [3.05, 3.63) is 64.2 Å². The summed E-state index contributed by atoms with van der Waals surface area (Å²) in [5, 5.41) is 13.8. The molecule has 3 rings (SSSR count). The number of methoxy groups -OCH3 is 1. The van der Waals surface area contributed by atoms with E-state index in [-0.39, 0.29) is 81.0 Å². The Kier molecular flexibility index (Phi) is 21.7. The molecule has 0 fully saturated rings. The fraction of sp³-hybridized carbons (Fsp3) is 0.488. The van der Waals surface area contributed by atoms with Crippen molar-refractivity contribution in [1.82, 2.24) is 31.6 Å². The second-order valence-electron chi connectivity index (χ2n) is 15.7. The van der Waals surface area contributed by atoms with Crippen LogP contribution in [0.4, 0.5) is 0 Å². The number of unbranched alkanes of at least 4 members (excludes halogenated alkanes) is 1. The summed E-state index contributed by atoms with van der Waals surface area (Å²) in [5.41, 5.74) is 29.4. The van der Waals surface area contributed by atoms with Crippen molar-refractivity contribution >= 4 is 74.8 Å². The summed E-state index contributed by atoms with van der Waals surface area (Å²) in [6.07, 6.45) is 2.36. The van der Waals surface area contributed by atoms with Crippen molar-refractivity contribution in [3.63, 3.8) is 0 Å². The van der Waals surface area contributed by atoms with E-state index in [1.807, 2.05) is 13.8 Å². The van der Waals surface area contributed by atoms with E-state index < -0.39 is 65.5 Å². The minimum Gasteiger partial charge on any atom is -0.465 e. The Morgan fingerprint density at radius 1 is 0.723 bits per heavy atom. The number of ether oxygens (including phenoxy) is 1. The molecular weight excluding hydrogens is 859 g/mol. The number of amides is 5. The van der Waals surface area contributed by atoms with Gasteiger partial charge in [0.25, 0.3) is 5.91 Å². The molecule has 354 valence electrons. The van der Waals surface area contributed by atoms with Crippen molar-refractivity contribution in [3.8, 4) is 0 Å². The highest BCUT2D eigenvalue weighted by atomic mass is 32.1. The number of thiazole rings is 1. The number of fused-ring (bicyclic) bond motifs is 1. The second-order valence-corrected chi connectivity index (χ2v) is 16.7. The summed E-state index contributed by atoms with van der Waals surface area (Å²) in [5.74, 6) is -4.17. The highest BCUT2D eigenvalue weighted by Crippen LogP contribution is 2.25. The van der Waals surface area contributed by atoms with Crippen LogP contribution < -0.4 is 55.3 Å². The molecule has 0 spiro atoms. The quantitative estimate of drug-likeness (QED) is 0.0163. The normalized spacial score (nSPS) is 12.8. The van der Waals surface area contributed by atoms with Gasteiger partial charge in [0.1, 0.15) is 18.1 Å². The Morgan fingerprint density at radius 2 is 1.31 bits per heavy atom. The van der Waals surface area contributed by atoms with Crippen LogP contribution in [0.3, 0.4) is 0 Å². The minimum absolute atomic E-state index is 0.0671. The van der Waals surface area contributed by atoms with Crippen LogP contribution in [-0.4, -0.2) is 109 Å². The lowest BCUT2D eigenvalue weighted by molar-refractivity contribution is -0.134. The summed E-state index contributed by atoms with van der Waals surface area (Å²) in [6.45, 7) is 5.84. The largest absolute Gasteiger partial charge is 0.465 e. The second kappa shape index (κ2) is 26.8. The number of benzene rings is 2. The lowest BCUT2D eigenvalue weighted by atomic mass is 10.00. The molecule has 15 N–H and O–H groups in total. The number of aliphatic imine (C=N–C) groups is 2. The topological polar surface area (TPSA) is 357 Å². The van der Waals surface area contributed by atoms with Crippen LogP contribution in [0.15, 0.2) is 52.4 Å². The number of Topliss-reactive ketones (excluding diaryl/α,β-unsaturated/α-hetero) is 1. The van der Waals surface area contributed by atoms with Crippen LogP contribution in [0, 0.1) is 5.92 Å². The van der Waals surface area contributed by atoms with E-state index in [0.717, 1.165) is 11.3 Å². The van der Waals surface area contributed by atoms with Crippen LogP contribution >= 0.6 is 11.3 Å². The van der Waals surface area contributed by atoms with E-state index in [9.17, 15) is 33.6 Å². The van der Waals surface area contributed by atoms with E-state index in [1.165, 1.54) is 14.0 Å². The highest BCUT2D eigenvalue weighted by Gasteiger charge is 2.32. The van der Waals surface area contributed by atoms with Crippen molar-refractivity contribution in [2.45, 2.75) is 103 Å². The molecule has 5 amide bonds. The van der Waals surface area contributed by atoms with E-state index in [1.54, 1.807) is 42.5 Å². The number of esters is 1. The number of nitrogens with zero attached hydrogens (tertiary/aromatic N) is 3. The molecule has 4 atom stereocenters. The highest BCUT2D eigenvalue weighted by molar-refractivity contribution is 7.20. The number of rotatable bonds is 27. The summed E-state index contributed by atoms with van der Waals surface area (Å²) in [7, 11) is 1.28. The predicted molar refractivity (Wildman–Crippen MR) is 248 cm³/mol. The Hall–Kier alpha value is -6.68. The number of nitrogens with two attached hydrogens (primary N) is 5. The van der Waals surface area contributed by atoms with Gasteiger partial charge in [-0.15, -0.1) is 11.3 Å². The lowest BCUT2D eigenvalue weighted by Gasteiger charge is -2.27. The Labute approximate surface area is 381 Å². The number of hydrogen-bond acceptors (Lipinski definition) is 13. The number of carbonyl (C=O) groups excluding carboxylic acids is 7. The third-order valence-corrected chi connectivity index (χ3v) is 10.8. The van der Waals surface area contributed by atoms with Crippen molar-refractivity contribution in [1.29, 1.82) is 0 Å².